The summed E-state index contributed by atoms with van der Waals surface area (Å²) >= 11 is 5.28. The summed E-state index contributed by atoms with van der Waals surface area (Å²) in [7, 11) is 0. The fraction of sp³-hybridized carbons (Fsp3) is 0.348. The molecule has 0 spiro atoms. The van der Waals surface area contributed by atoms with Crippen molar-refractivity contribution in [3.05, 3.63) is 59.7 Å². The number of amides is 2. The minimum Gasteiger partial charge on any atom is -0.368 e. The number of carbonyl (C=O) groups is 2. The van der Waals surface area contributed by atoms with Crippen LogP contribution in [0.25, 0.3) is 0 Å². The molecule has 1 fully saturated rings. The fourth-order valence-electron chi connectivity index (χ4n) is 3.50. The maximum Gasteiger partial charge on any atom is 0.257 e. The first-order valence-electron chi connectivity index (χ1n) is 10.3. The van der Waals surface area contributed by atoms with Gasteiger partial charge >= 0.3 is 0 Å². The third-order valence-corrected chi connectivity index (χ3v) is 5.41. The average molecular weight is 425 g/mol. The summed E-state index contributed by atoms with van der Waals surface area (Å²) in [6.07, 6.45) is 1.52. The molecule has 7 heteroatoms. The lowest BCUT2D eigenvalue weighted by Gasteiger charge is -2.36. The van der Waals surface area contributed by atoms with Crippen molar-refractivity contribution >= 4 is 40.5 Å². The number of rotatable bonds is 5. The number of benzene rings is 2. The number of aryl methyl sites for hydroxylation is 1. The van der Waals surface area contributed by atoms with Gasteiger partial charge in [0.2, 0.25) is 5.91 Å². The Morgan fingerprint density at radius 1 is 1.00 bits per heavy atom. The highest BCUT2D eigenvalue weighted by molar-refractivity contribution is 7.80. The minimum absolute atomic E-state index is 0.224. The minimum atomic E-state index is -0.224. The molecule has 2 aromatic carbocycles. The van der Waals surface area contributed by atoms with Crippen LogP contribution in [0.2, 0.25) is 0 Å². The number of anilines is 2. The van der Waals surface area contributed by atoms with E-state index in [0.717, 1.165) is 49.5 Å². The van der Waals surface area contributed by atoms with Crippen LogP contribution in [0.3, 0.4) is 0 Å². The van der Waals surface area contributed by atoms with E-state index in [1.165, 1.54) is 0 Å². The van der Waals surface area contributed by atoms with Gasteiger partial charge in [-0.15, -0.1) is 0 Å². The predicted octanol–water partition coefficient (Wildman–Crippen LogP) is 3.57. The quantitative estimate of drug-likeness (QED) is 0.719. The molecule has 0 unspecified atom stereocenters. The van der Waals surface area contributed by atoms with Crippen molar-refractivity contribution in [3.8, 4) is 0 Å². The standard InChI is InChI=1S/C23H28N4O2S/c1-3-6-21(28)27-15-13-26(14-16-27)19-11-9-18(10-12-19)24-23(30)25-22(29)20-8-5-4-7-17(20)2/h4-5,7-12H,3,6,13-16H2,1-2H3,(H2,24,25,29,30). The third kappa shape index (κ3) is 5.57. The second-order valence-electron chi connectivity index (χ2n) is 7.39. The zero-order valence-electron chi connectivity index (χ0n) is 17.5. The van der Waals surface area contributed by atoms with Crippen molar-refractivity contribution < 1.29 is 9.59 Å². The first kappa shape index (κ1) is 21.8. The number of piperazine rings is 1. The van der Waals surface area contributed by atoms with Crippen LogP contribution in [0.4, 0.5) is 11.4 Å². The van der Waals surface area contributed by atoms with Crippen molar-refractivity contribution in [2.45, 2.75) is 26.7 Å². The predicted molar refractivity (Wildman–Crippen MR) is 125 cm³/mol. The van der Waals surface area contributed by atoms with Crippen molar-refractivity contribution in [1.82, 2.24) is 10.2 Å². The smallest absolute Gasteiger partial charge is 0.257 e. The highest BCUT2D eigenvalue weighted by atomic mass is 32.1. The van der Waals surface area contributed by atoms with Gasteiger partial charge in [0.1, 0.15) is 0 Å². The van der Waals surface area contributed by atoms with E-state index >= 15 is 0 Å². The first-order valence-corrected chi connectivity index (χ1v) is 10.7. The third-order valence-electron chi connectivity index (χ3n) is 5.20. The highest BCUT2D eigenvalue weighted by Crippen LogP contribution is 2.20. The Bertz CT molecular complexity index is 906. The van der Waals surface area contributed by atoms with E-state index in [-0.39, 0.29) is 16.9 Å². The van der Waals surface area contributed by atoms with Crippen LogP contribution in [0.1, 0.15) is 35.7 Å². The first-order chi connectivity index (χ1) is 14.5. The van der Waals surface area contributed by atoms with Crippen LogP contribution in [0.15, 0.2) is 48.5 Å². The molecule has 1 aliphatic heterocycles. The zero-order chi connectivity index (χ0) is 21.5. The number of nitrogens with one attached hydrogen (secondary N) is 2. The molecule has 1 saturated heterocycles. The second kappa shape index (κ2) is 10.2. The van der Waals surface area contributed by atoms with E-state index in [1.807, 2.05) is 61.2 Å². The van der Waals surface area contributed by atoms with Crippen LogP contribution in [0, 0.1) is 6.92 Å². The van der Waals surface area contributed by atoms with E-state index in [4.69, 9.17) is 12.2 Å². The van der Waals surface area contributed by atoms with E-state index < -0.39 is 0 Å². The molecule has 30 heavy (non-hydrogen) atoms. The Balaban J connectivity index is 1.51. The Morgan fingerprint density at radius 3 is 2.30 bits per heavy atom. The lowest BCUT2D eigenvalue weighted by Crippen LogP contribution is -2.48. The van der Waals surface area contributed by atoms with Gasteiger partial charge in [-0.3, -0.25) is 14.9 Å². The topological polar surface area (TPSA) is 64.7 Å². The Morgan fingerprint density at radius 2 is 1.67 bits per heavy atom. The van der Waals surface area contributed by atoms with Gasteiger partial charge in [-0.1, -0.05) is 25.1 Å². The molecule has 0 bridgehead atoms. The monoisotopic (exact) mass is 424 g/mol. The van der Waals surface area contributed by atoms with Crippen LogP contribution in [-0.4, -0.2) is 48.0 Å². The number of nitrogens with zero attached hydrogens (tertiary/aromatic N) is 2. The Hall–Kier alpha value is -2.93. The van der Waals surface area contributed by atoms with Gasteiger partial charge in [0, 0.05) is 49.5 Å². The number of hydrogen-bond donors (Lipinski definition) is 2. The SMILES string of the molecule is CCCC(=O)N1CCN(c2ccc(NC(=S)NC(=O)c3ccccc3C)cc2)CC1. The maximum absolute atomic E-state index is 12.4. The molecule has 1 heterocycles. The van der Waals surface area contributed by atoms with Crippen LogP contribution in [-0.2, 0) is 4.79 Å². The molecular weight excluding hydrogens is 396 g/mol. The molecule has 158 valence electrons. The summed E-state index contributed by atoms with van der Waals surface area (Å²) in [5, 5.41) is 6.04. The summed E-state index contributed by atoms with van der Waals surface area (Å²) in [5.74, 6) is 0.0238. The molecule has 2 N–H and O–H groups in total. The highest BCUT2D eigenvalue weighted by Gasteiger charge is 2.20. The van der Waals surface area contributed by atoms with E-state index in [0.29, 0.717) is 12.0 Å². The van der Waals surface area contributed by atoms with Gasteiger partial charge in [-0.05, 0) is 61.5 Å². The molecule has 0 radical (unpaired) electrons. The summed E-state index contributed by atoms with van der Waals surface area (Å²) < 4.78 is 0. The average Bonchev–Trinajstić information content (AvgIpc) is 2.75. The lowest BCUT2D eigenvalue weighted by atomic mass is 10.1. The molecule has 3 rings (SSSR count). The number of carbonyl (C=O) groups excluding carboxylic acids is 2. The van der Waals surface area contributed by atoms with Crippen molar-refractivity contribution in [2.75, 3.05) is 36.4 Å². The molecule has 0 atom stereocenters. The van der Waals surface area contributed by atoms with E-state index in [1.54, 1.807) is 6.07 Å². The van der Waals surface area contributed by atoms with E-state index in [9.17, 15) is 9.59 Å². The van der Waals surface area contributed by atoms with E-state index in [2.05, 4.69) is 15.5 Å². The number of thiocarbonyl (C=S) groups is 1. The fourth-order valence-corrected chi connectivity index (χ4v) is 3.71. The summed E-state index contributed by atoms with van der Waals surface area (Å²) in [6.45, 7) is 7.09. The van der Waals surface area contributed by atoms with Gasteiger partial charge in [-0.2, -0.15) is 0 Å². The summed E-state index contributed by atoms with van der Waals surface area (Å²) in [4.78, 5) is 28.6. The zero-order valence-corrected chi connectivity index (χ0v) is 18.3. The van der Waals surface area contributed by atoms with Gasteiger partial charge in [0.25, 0.3) is 5.91 Å². The Kier molecular flexibility index (Phi) is 7.41. The normalized spacial score (nSPS) is 13.7. The molecule has 0 aliphatic carbocycles. The second-order valence-corrected chi connectivity index (χ2v) is 7.80. The van der Waals surface area contributed by atoms with Crippen LogP contribution in [0.5, 0.6) is 0 Å². The molecule has 1 aliphatic rings. The van der Waals surface area contributed by atoms with Crippen LogP contribution < -0.4 is 15.5 Å². The summed E-state index contributed by atoms with van der Waals surface area (Å²) in [5.41, 5.74) is 3.43. The van der Waals surface area contributed by atoms with Crippen LogP contribution >= 0.6 is 12.2 Å². The lowest BCUT2D eigenvalue weighted by molar-refractivity contribution is -0.131. The molecule has 0 aromatic heterocycles. The molecule has 2 amide bonds. The molecule has 6 nitrogen and oxygen atoms in total. The molecular formula is C23H28N4O2S. The molecule has 0 saturated carbocycles. The van der Waals surface area contributed by atoms with Gasteiger partial charge < -0.3 is 15.1 Å². The van der Waals surface area contributed by atoms with Crippen molar-refractivity contribution in [1.29, 1.82) is 0 Å². The number of hydrogen-bond acceptors (Lipinski definition) is 4. The van der Waals surface area contributed by atoms with Gasteiger partial charge in [-0.25, -0.2) is 0 Å². The van der Waals surface area contributed by atoms with Gasteiger partial charge in [0.15, 0.2) is 5.11 Å². The van der Waals surface area contributed by atoms with Gasteiger partial charge in [0.05, 0.1) is 0 Å². The Labute approximate surface area is 183 Å². The molecule has 2 aromatic rings. The van der Waals surface area contributed by atoms with Crippen molar-refractivity contribution in [3.63, 3.8) is 0 Å². The largest absolute Gasteiger partial charge is 0.368 e. The summed E-state index contributed by atoms with van der Waals surface area (Å²) in [6, 6.07) is 15.3. The van der Waals surface area contributed by atoms with Crippen molar-refractivity contribution in [2.24, 2.45) is 0 Å². The maximum atomic E-state index is 12.4.